The van der Waals surface area contributed by atoms with Gasteiger partial charge in [-0.1, -0.05) is 18.2 Å². The lowest BCUT2D eigenvalue weighted by Crippen LogP contribution is -2.04. The molecule has 1 aliphatic rings. The van der Waals surface area contributed by atoms with E-state index in [0.717, 1.165) is 5.56 Å². The van der Waals surface area contributed by atoms with E-state index in [1.54, 1.807) is 12.1 Å². The molecule has 0 unspecified atom stereocenters. The van der Waals surface area contributed by atoms with E-state index in [-0.39, 0.29) is 18.2 Å². The van der Waals surface area contributed by atoms with Gasteiger partial charge >= 0.3 is 5.97 Å². The van der Waals surface area contributed by atoms with Crippen molar-refractivity contribution >= 4 is 17.9 Å². The van der Waals surface area contributed by atoms with Crippen LogP contribution in [0.2, 0.25) is 0 Å². The van der Waals surface area contributed by atoms with E-state index in [1.165, 1.54) is 6.08 Å². The maximum Gasteiger partial charge on any atom is 0.363 e. The van der Waals surface area contributed by atoms with Crippen LogP contribution in [-0.4, -0.2) is 17.0 Å². The standard InChI is InChI=1S/C15H11NO4/c17-9-12-7-6-11(19-12)8-13-15(18)20-14(16-13)10-4-2-1-3-5-10/h1-8,17H,9H2/b13-8-. The fraction of sp³-hybridized carbons (Fsp3) is 0.0667. The summed E-state index contributed by atoms with van der Waals surface area (Å²) in [5, 5.41) is 8.92. The monoisotopic (exact) mass is 269 g/mol. The predicted molar refractivity (Wildman–Crippen MR) is 71.7 cm³/mol. The Balaban J connectivity index is 1.90. The molecule has 0 amide bonds. The highest BCUT2D eigenvalue weighted by Gasteiger charge is 2.24. The molecule has 100 valence electrons. The van der Waals surface area contributed by atoms with Crippen LogP contribution < -0.4 is 0 Å². The lowest BCUT2D eigenvalue weighted by Gasteiger charge is -1.97. The lowest BCUT2D eigenvalue weighted by atomic mass is 10.2. The third-order valence-electron chi connectivity index (χ3n) is 2.76. The van der Waals surface area contributed by atoms with Crippen LogP contribution in [-0.2, 0) is 16.1 Å². The number of furan rings is 1. The van der Waals surface area contributed by atoms with Crippen LogP contribution in [0.25, 0.3) is 6.08 Å². The zero-order valence-corrected chi connectivity index (χ0v) is 10.4. The van der Waals surface area contributed by atoms with E-state index >= 15 is 0 Å². The van der Waals surface area contributed by atoms with Gasteiger partial charge in [-0.15, -0.1) is 0 Å². The number of esters is 1. The number of carbonyl (C=O) groups excluding carboxylic acids is 1. The Morgan fingerprint density at radius 2 is 1.95 bits per heavy atom. The molecule has 0 radical (unpaired) electrons. The van der Waals surface area contributed by atoms with Crippen LogP contribution in [0.5, 0.6) is 0 Å². The molecular formula is C15H11NO4. The molecule has 0 saturated heterocycles. The summed E-state index contributed by atoms with van der Waals surface area (Å²) in [6, 6.07) is 12.5. The van der Waals surface area contributed by atoms with Gasteiger partial charge in [-0.3, -0.25) is 0 Å². The van der Waals surface area contributed by atoms with Crippen molar-refractivity contribution in [3.05, 3.63) is 65.2 Å². The quantitative estimate of drug-likeness (QED) is 0.684. The van der Waals surface area contributed by atoms with Gasteiger partial charge in [-0.05, 0) is 24.3 Å². The Morgan fingerprint density at radius 3 is 2.65 bits per heavy atom. The number of hydrogen-bond donors (Lipinski definition) is 1. The van der Waals surface area contributed by atoms with Crippen molar-refractivity contribution in [1.82, 2.24) is 0 Å². The largest absolute Gasteiger partial charge is 0.459 e. The van der Waals surface area contributed by atoms with Gasteiger partial charge in [0.15, 0.2) is 5.70 Å². The Bertz CT molecular complexity index is 698. The number of benzene rings is 1. The van der Waals surface area contributed by atoms with E-state index < -0.39 is 5.97 Å². The van der Waals surface area contributed by atoms with E-state index in [0.29, 0.717) is 11.5 Å². The van der Waals surface area contributed by atoms with Gasteiger partial charge in [0.2, 0.25) is 5.90 Å². The van der Waals surface area contributed by atoms with Gasteiger partial charge in [-0.2, -0.15) is 0 Å². The zero-order valence-electron chi connectivity index (χ0n) is 10.4. The number of ether oxygens (including phenoxy) is 1. The minimum absolute atomic E-state index is 0.169. The third kappa shape index (κ3) is 2.39. The molecule has 5 heteroatoms. The van der Waals surface area contributed by atoms with Crippen molar-refractivity contribution in [2.24, 2.45) is 4.99 Å². The van der Waals surface area contributed by atoms with Crippen molar-refractivity contribution < 1.29 is 19.1 Å². The molecule has 0 fully saturated rings. The number of hydrogen-bond acceptors (Lipinski definition) is 5. The summed E-state index contributed by atoms with van der Waals surface area (Å²) in [4.78, 5) is 15.9. The number of aliphatic hydroxyl groups excluding tert-OH is 1. The summed E-state index contributed by atoms with van der Waals surface area (Å²) in [6.07, 6.45) is 1.48. The molecule has 3 rings (SSSR count). The normalized spacial score (nSPS) is 16.4. The summed E-state index contributed by atoms with van der Waals surface area (Å²) in [5.74, 6) is 0.621. The number of carbonyl (C=O) groups is 1. The summed E-state index contributed by atoms with van der Waals surface area (Å²) in [6.45, 7) is -0.188. The highest BCUT2D eigenvalue weighted by Crippen LogP contribution is 2.20. The Kier molecular flexibility index (Phi) is 3.18. The van der Waals surface area contributed by atoms with E-state index in [2.05, 4.69) is 4.99 Å². The maximum atomic E-state index is 11.7. The molecule has 5 nitrogen and oxygen atoms in total. The van der Waals surface area contributed by atoms with E-state index in [1.807, 2.05) is 30.3 Å². The number of rotatable bonds is 3. The number of nitrogens with zero attached hydrogens (tertiary/aromatic N) is 1. The minimum Gasteiger partial charge on any atom is -0.459 e. The van der Waals surface area contributed by atoms with Crippen LogP contribution in [0.3, 0.4) is 0 Å². The molecule has 0 saturated carbocycles. The molecule has 0 atom stereocenters. The van der Waals surface area contributed by atoms with Crippen molar-refractivity contribution in [3.63, 3.8) is 0 Å². The molecule has 1 aromatic heterocycles. The first kappa shape index (κ1) is 12.4. The Hall–Kier alpha value is -2.66. The predicted octanol–water partition coefficient (Wildman–Crippen LogP) is 2.12. The van der Waals surface area contributed by atoms with Crippen molar-refractivity contribution in [2.45, 2.75) is 6.61 Å². The highest BCUT2D eigenvalue weighted by atomic mass is 16.6. The van der Waals surface area contributed by atoms with Crippen molar-refractivity contribution in [3.8, 4) is 0 Å². The van der Waals surface area contributed by atoms with Gasteiger partial charge in [-0.25, -0.2) is 9.79 Å². The zero-order chi connectivity index (χ0) is 13.9. The van der Waals surface area contributed by atoms with Crippen LogP contribution in [0, 0.1) is 0 Å². The summed E-state index contributed by atoms with van der Waals surface area (Å²) in [5.41, 5.74) is 0.905. The van der Waals surface area contributed by atoms with Crippen molar-refractivity contribution in [2.75, 3.05) is 0 Å². The number of aliphatic imine (C=N–C) groups is 1. The third-order valence-corrected chi connectivity index (χ3v) is 2.76. The van der Waals surface area contributed by atoms with E-state index in [9.17, 15) is 4.79 Å². The smallest absolute Gasteiger partial charge is 0.363 e. The van der Waals surface area contributed by atoms with Crippen molar-refractivity contribution in [1.29, 1.82) is 0 Å². The van der Waals surface area contributed by atoms with Crippen LogP contribution >= 0.6 is 0 Å². The SMILES string of the molecule is O=C1OC(c2ccccc2)=N/C1=C\c1ccc(CO)o1. The van der Waals surface area contributed by atoms with Crippen LogP contribution in [0.15, 0.2) is 57.6 Å². The Labute approximate surface area is 114 Å². The second-order valence-corrected chi connectivity index (χ2v) is 4.16. The Morgan fingerprint density at radius 1 is 1.15 bits per heavy atom. The molecule has 0 aliphatic carbocycles. The topological polar surface area (TPSA) is 72.0 Å². The molecule has 1 aliphatic heterocycles. The van der Waals surface area contributed by atoms with Crippen LogP contribution in [0.4, 0.5) is 0 Å². The summed E-state index contributed by atoms with van der Waals surface area (Å²) in [7, 11) is 0. The molecular weight excluding hydrogens is 258 g/mol. The summed E-state index contributed by atoms with van der Waals surface area (Å²) < 4.78 is 10.4. The fourth-order valence-electron chi connectivity index (χ4n) is 1.81. The first-order valence-corrected chi connectivity index (χ1v) is 6.04. The van der Waals surface area contributed by atoms with E-state index in [4.69, 9.17) is 14.3 Å². The van der Waals surface area contributed by atoms with Gasteiger partial charge in [0.25, 0.3) is 0 Å². The number of cyclic esters (lactones) is 1. The molecule has 2 heterocycles. The van der Waals surface area contributed by atoms with Gasteiger partial charge < -0.3 is 14.3 Å². The average molecular weight is 269 g/mol. The summed E-state index contributed by atoms with van der Waals surface area (Å²) >= 11 is 0. The first-order valence-electron chi connectivity index (χ1n) is 6.04. The van der Waals surface area contributed by atoms with Gasteiger partial charge in [0, 0.05) is 11.6 Å². The van der Waals surface area contributed by atoms with Gasteiger partial charge in [0.1, 0.15) is 18.1 Å². The first-order chi connectivity index (χ1) is 9.76. The number of aliphatic hydroxyl groups is 1. The minimum atomic E-state index is -0.522. The maximum absolute atomic E-state index is 11.7. The molecule has 1 N–H and O–H groups in total. The molecule has 1 aromatic carbocycles. The molecule has 0 spiro atoms. The van der Waals surface area contributed by atoms with Crippen LogP contribution in [0.1, 0.15) is 17.1 Å². The van der Waals surface area contributed by atoms with Gasteiger partial charge in [0.05, 0.1) is 0 Å². The average Bonchev–Trinajstić information content (AvgIpc) is 3.08. The lowest BCUT2D eigenvalue weighted by molar-refractivity contribution is -0.129. The molecule has 2 aromatic rings. The fourth-order valence-corrected chi connectivity index (χ4v) is 1.81. The molecule has 20 heavy (non-hydrogen) atoms. The molecule has 0 bridgehead atoms. The highest BCUT2D eigenvalue weighted by molar-refractivity contribution is 6.12. The second kappa shape index (κ2) is 5.14. The second-order valence-electron chi connectivity index (χ2n) is 4.16.